The van der Waals surface area contributed by atoms with E-state index in [4.69, 9.17) is 4.18 Å². The van der Waals surface area contributed by atoms with Crippen LogP contribution in [0.4, 0.5) is 0 Å². The smallest absolute Gasteiger partial charge is 0.299 e. The van der Waals surface area contributed by atoms with Gasteiger partial charge in [0.15, 0.2) is 0 Å². The molecule has 1 aromatic rings. The molecule has 138 valence electrons. The molecule has 0 aromatic heterocycles. The highest BCUT2D eigenvalue weighted by Crippen LogP contribution is 2.29. The Balaban J connectivity index is 3.40. The Kier molecular flexibility index (Phi) is 6.66. The summed E-state index contributed by atoms with van der Waals surface area (Å²) in [6.07, 6.45) is 1.68. The van der Waals surface area contributed by atoms with Gasteiger partial charge in [-0.3, -0.25) is 9.35 Å². The molecule has 0 radical (unpaired) electrons. The number of amides is 1. The molecule has 0 fully saturated rings. The van der Waals surface area contributed by atoms with Crippen LogP contribution in [-0.4, -0.2) is 38.8 Å². The van der Waals surface area contributed by atoms with Crippen molar-refractivity contribution in [3.05, 3.63) is 49.1 Å². The molecule has 1 aromatic carbocycles. The Morgan fingerprint density at radius 1 is 1.28 bits per heavy atom. The van der Waals surface area contributed by atoms with Crippen molar-refractivity contribution in [3.63, 3.8) is 0 Å². The van der Waals surface area contributed by atoms with Crippen LogP contribution in [-0.2, 0) is 29.2 Å². The lowest BCUT2D eigenvalue weighted by Gasteiger charge is -2.29. The first-order chi connectivity index (χ1) is 11.5. The van der Waals surface area contributed by atoms with Gasteiger partial charge in [0.1, 0.15) is 4.90 Å². The van der Waals surface area contributed by atoms with Gasteiger partial charge in [-0.15, -0.1) is 0 Å². The zero-order chi connectivity index (χ0) is 19.3. The van der Waals surface area contributed by atoms with E-state index in [2.05, 4.69) is 18.5 Å². The van der Waals surface area contributed by atoms with E-state index in [-0.39, 0.29) is 10.5 Å². The third-order valence-electron chi connectivity index (χ3n) is 3.40. The first-order valence-corrected chi connectivity index (χ1v) is 9.92. The van der Waals surface area contributed by atoms with Gasteiger partial charge in [-0.05, 0) is 24.1 Å². The average molecular weight is 389 g/mol. The van der Waals surface area contributed by atoms with Gasteiger partial charge in [0.25, 0.3) is 20.2 Å². The van der Waals surface area contributed by atoms with E-state index in [0.717, 1.165) is 6.08 Å². The summed E-state index contributed by atoms with van der Waals surface area (Å²) < 4.78 is 63.2. The Bertz CT molecular complexity index is 875. The number of carbonyl (C=O) groups excluding carboxylic acids is 1. The summed E-state index contributed by atoms with van der Waals surface area (Å²) in [7, 11) is -9.62. The second-order valence-electron chi connectivity index (χ2n) is 4.94. The molecule has 0 spiro atoms. The molecule has 0 saturated heterocycles. The third-order valence-corrected chi connectivity index (χ3v) is 6.41. The Hall–Kier alpha value is -2.01. The SMILES string of the molecule is C=CC(=O)NCC(CC)(OS(=O)(=O)c1ccccc1C=C)S(=O)(=O)O. The minimum Gasteiger partial charge on any atom is -0.348 e. The van der Waals surface area contributed by atoms with Crippen molar-refractivity contribution in [2.45, 2.75) is 23.2 Å². The maximum absolute atomic E-state index is 12.6. The van der Waals surface area contributed by atoms with Crippen molar-refractivity contribution in [2.75, 3.05) is 6.54 Å². The van der Waals surface area contributed by atoms with E-state index in [9.17, 15) is 26.2 Å². The van der Waals surface area contributed by atoms with Crippen LogP contribution in [0.5, 0.6) is 0 Å². The molecular formula is C15H19NO7S2. The van der Waals surface area contributed by atoms with Crippen molar-refractivity contribution >= 4 is 32.2 Å². The van der Waals surface area contributed by atoms with Crippen molar-refractivity contribution in [3.8, 4) is 0 Å². The number of rotatable bonds is 9. The van der Waals surface area contributed by atoms with E-state index in [1.54, 1.807) is 6.07 Å². The van der Waals surface area contributed by atoms with Crippen LogP contribution in [0.15, 0.2) is 48.4 Å². The molecule has 1 rings (SSSR count). The van der Waals surface area contributed by atoms with Gasteiger partial charge in [-0.25, -0.2) is 4.18 Å². The molecule has 1 unspecified atom stereocenters. The maximum Gasteiger partial charge on any atom is 0.299 e. The first-order valence-electron chi connectivity index (χ1n) is 7.07. The van der Waals surface area contributed by atoms with Crippen LogP contribution in [0.2, 0.25) is 0 Å². The van der Waals surface area contributed by atoms with Crippen molar-refractivity contribution in [1.29, 1.82) is 0 Å². The molecule has 0 aliphatic carbocycles. The number of hydrogen-bond acceptors (Lipinski definition) is 6. The summed E-state index contributed by atoms with van der Waals surface area (Å²) in [5.41, 5.74) is 0.193. The quantitative estimate of drug-likeness (QED) is 0.370. The fraction of sp³-hybridized carbons (Fsp3) is 0.267. The molecule has 0 saturated carbocycles. The fourth-order valence-corrected chi connectivity index (χ4v) is 4.53. The number of nitrogens with one attached hydrogen (secondary N) is 1. The molecule has 0 aliphatic heterocycles. The van der Waals surface area contributed by atoms with E-state index in [1.807, 2.05) is 0 Å². The van der Waals surface area contributed by atoms with Crippen molar-refractivity contribution in [2.24, 2.45) is 0 Å². The molecule has 0 aliphatic rings. The van der Waals surface area contributed by atoms with E-state index >= 15 is 0 Å². The van der Waals surface area contributed by atoms with Gasteiger partial charge in [0.05, 0.1) is 6.54 Å². The molecule has 1 atom stereocenters. The second kappa shape index (κ2) is 7.91. The van der Waals surface area contributed by atoms with Gasteiger partial charge in [0.2, 0.25) is 10.8 Å². The minimum atomic E-state index is -5.02. The summed E-state index contributed by atoms with van der Waals surface area (Å²) in [6, 6.07) is 5.64. The lowest BCUT2D eigenvalue weighted by molar-refractivity contribution is -0.117. The standard InChI is InChI=1S/C15H19NO7S2/c1-4-12-9-7-8-10-13(12)24(18,19)23-15(6-3,25(20,21)22)11-16-14(17)5-2/h4-5,7-10H,1-2,6,11H2,3H3,(H,16,17)(H,20,21,22). The molecule has 10 heteroatoms. The lowest BCUT2D eigenvalue weighted by atomic mass is 10.2. The highest BCUT2D eigenvalue weighted by molar-refractivity contribution is 7.90. The first kappa shape index (κ1) is 21.0. The number of benzene rings is 1. The van der Waals surface area contributed by atoms with Crippen LogP contribution < -0.4 is 5.32 Å². The largest absolute Gasteiger partial charge is 0.348 e. The highest BCUT2D eigenvalue weighted by Gasteiger charge is 2.47. The predicted octanol–water partition coefficient (Wildman–Crippen LogP) is 1.33. The van der Waals surface area contributed by atoms with E-state index < -0.39 is 44.0 Å². The Morgan fingerprint density at radius 3 is 2.36 bits per heavy atom. The fourth-order valence-electron chi connectivity index (χ4n) is 1.95. The van der Waals surface area contributed by atoms with Crippen LogP contribution in [0.3, 0.4) is 0 Å². The summed E-state index contributed by atoms with van der Waals surface area (Å²) in [5, 5.41) is 2.13. The number of carbonyl (C=O) groups is 1. The average Bonchev–Trinajstić information content (AvgIpc) is 2.56. The molecule has 25 heavy (non-hydrogen) atoms. The minimum absolute atomic E-state index is 0.193. The summed E-state index contributed by atoms with van der Waals surface area (Å²) in [4.78, 5) is 8.41. The Morgan fingerprint density at radius 2 is 1.88 bits per heavy atom. The molecule has 0 bridgehead atoms. The van der Waals surface area contributed by atoms with Gasteiger partial charge < -0.3 is 5.32 Å². The topological polar surface area (TPSA) is 127 Å². The zero-order valence-corrected chi connectivity index (χ0v) is 15.1. The Labute approximate surface area is 147 Å². The monoisotopic (exact) mass is 389 g/mol. The summed E-state index contributed by atoms with van der Waals surface area (Å²) in [5.74, 6) is -0.756. The highest BCUT2D eigenvalue weighted by atomic mass is 32.2. The van der Waals surface area contributed by atoms with Crippen LogP contribution >= 0.6 is 0 Å². The third kappa shape index (κ3) is 4.75. The van der Waals surface area contributed by atoms with Crippen LogP contribution in [0, 0.1) is 0 Å². The number of hydrogen-bond donors (Lipinski definition) is 2. The van der Waals surface area contributed by atoms with Gasteiger partial charge in [-0.2, -0.15) is 16.8 Å². The summed E-state index contributed by atoms with van der Waals surface area (Å²) in [6.45, 7) is 7.19. The van der Waals surface area contributed by atoms with Gasteiger partial charge in [0, 0.05) is 0 Å². The zero-order valence-electron chi connectivity index (χ0n) is 13.5. The van der Waals surface area contributed by atoms with E-state index in [0.29, 0.717) is 0 Å². The van der Waals surface area contributed by atoms with Gasteiger partial charge in [-0.1, -0.05) is 44.4 Å². The lowest BCUT2D eigenvalue weighted by Crippen LogP contribution is -2.51. The predicted molar refractivity (Wildman–Crippen MR) is 92.6 cm³/mol. The van der Waals surface area contributed by atoms with Crippen LogP contribution in [0.1, 0.15) is 18.9 Å². The van der Waals surface area contributed by atoms with E-state index in [1.165, 1.54) is 31.2 Å². The molecule has 1 amide bonds. The van der Waals surface area contributed by atoms with Gasteiger partial charge >= 0.3 is 0 Å². The van der Waals surface area contributed by atoms with Crippen molar-refractivity contribution < 1.29 is 30.4 Å². The molecular weight excluding hydrogens is 370 g/mol. The van der Waals surface area contributed by atoms with Crippen molar-refractivity contribution in [1.82, 2.24) is 5.32 Å². The second-order valence-corrected chi connectivity index (χ2v) is 8.15. The molecule has 8 nitrogen and oxygen atoms in total. The molecule has 2 N–H and O–H groups in total. The summed E-state index contributed by atoms with van der Waals surface area (Å²) >= 11 is 0. The van der Waals surface area contributed by atoms with Crippen LogP contribution in [0.25, 0.3) is 6.08 Å². The molecule has 0 heterocycles. The normalized spacial score (nSPS) is 14.3. The maximum atomic E-state index is 12.6.